The summed E-state index contributed by atoms with van der Waals surface area (Å²) in [5.41, 5.74) is 0.500. The van der Waals surface area contributed by atoms with Gasteiger partial charge in [-0.2, -0.15) is 0 Å². The van der Waals surface area contributed by atoms with Gasteiger partial charge in [0.05, 0.1) is 0 Å². The highest BCUT2D eigenvalue weighted by Gasteiger charge is 2.24. The Morgan fingerprint density at radius 1 is 1.38 bits per heavy atom. The minimum absolute atomic E-state index is 0.500. The lowest BCUT2D eigenvalue weighted by Crippen LogP contribution is -2.04. The first-order valence-corrected chi connectivity index (χ1v) is 3.40. The lowest BCUT2D eigenvalue weighted by Gasteiger charge is -2.15. The summed E-state index contributed by atoms with van der Waals surface area (Å²) < 4.78 is 0. The summed E-state index contributed by atoms with van der Waals surface area (Å²) in [6, 6.07) is 0. The second-order valence-electron chi connectivity index (χ2n) is 3.07. The standard InChI is InChI=1S/C8H14/c1-3-8(2)6-4-5-7-8/h3H,1,4-7H2,2H3. The van der Waals surface area contributed by atoms with Gasteiger partial charge in [-0.3, -0.25) is 0 Å². The Kier molecular flexibility index (Phi) is 1.41. The fourth-order valence-electron chi connectivity index (χ4n) is 1.39. The van der Waals surface area contributed by atoms with Gasteiger partial charge in [0.15, 0.2) is 0 Å². The summed E-state index contributed by atoms with van der Waals surface area (Å²) in [5, 5.41) is 0. The molecule has 0 heterocycles. The van der Waals surface area contributed by atoms with Crippen molar-refractivity contribution in [2.45, 2.75) is 32.6 Å². The van der Waals surface area contributed by atoms with Gasteiger partial charge in [0.2, 0.25) is 0 Å². The Morgan fingerprint density at radius 2 is 1.88 bits per heavy atom. The van der Waals surface area contributed by atoms with E-state index in [1.54, 1.807) is 0 Å². The molecule has 1 rings (SSSR count). The van der Waals surface area contributed by atoms with Crippen molar-refractivity contribution in [1.29, 1.82) is 0 Å². The summed E-state index contributed by atoms with van der Waals surface area (Å²) in [4.78, 5) is 0. The molecule has 0 unspecified atom stereocenters. The van der Waals surface area contributed by atoms with Crippen molar-refractivity contribution in [3.05, 3.63) is 12.7 Å². The van der Waals surface area contributed by atoms with Crippen molar-refractivity contribution >= 4 is 0 Å². The van der Waals surface area contributed by atoms with E-state index in [2.05, 4.69) is 19.6 Å². The normalized spacial score (nSPS) is 25.6. The molecule has 0 amide bonds. The van der Waals surface area contributed by atoms with Gasteiger partial charge in [-0.1, -0.05) is 25.8 Å². The molecule has 0 aliphatic heterocycles. The van der Waals surface area contributed by atoms with Crippen LogP contribution in [0.5, 0.6) is 0 Å². The average molecular weight is 110 g/mol. The SMILES string of the molecule is C=CC1(C)CCCC1. The molecule has 0 nitrogen and oxygen atoms in total. The minimum Gasteiger partial charge on any atom is -0.103 e. The van der Waals surface area contributed by atoms with E-state index in [0.29, 0.717) is 5.41 Å². The first-order valence-electron chi connectivity index (χ1n) is 3.40. The predicted octanol–water partition coefficient (Wildman–Crippen LogP) is 2.75. The zero-order chi connectivity index (χ0) is 6.04. The Labute approximate surface area is 51.6 Å². The van der Waals surface area contributed by atoms with Crippen LogP contribution in [0.1, 0.15) is 32.6 Å². The third-order valence-corrected chi connectivity index (χ3v) is 2.24. The first kappa shape index (κ1) is 5.87. The van der Waals surface area contributed by atoms with Gasteiger partial charge in [0, 0.05) is 0 Å². The number of hydrogen-bond donors (Lipinski definition) is 0. The van der Waals surface area contributed by atoms with E-state index < -0.39 is 0 Å². The molecule has 0 atom stereocenters. The fraction of sp³-hybridized carbons (Fsp3) is 0.750. The van der Waals surface area contributed by atoms with E-state index >= 15 is 0 Å². The van der Waals surface area contributed by atoms with Gasteiger partial charge < -0.3 is 0 Å². The molecule has 0 aromatic rings. The number of rotatable bonds is 1. The average Bonchev–Trinajstić information content (AvgIpc) is 2.17. The molecule has 0 radical (unpaired) electrons. The highest BCUT2D eigenvalue weighted by atomic mass is 14.3. The van der Waals surface area contributed by atoms with Crippen LogP contribution in [0.25, 0.3) is 0 Å². The van der Waals surface area contributed by atoms with Crippen LogP contribution in [0.2, 0.25) is 0 Å². The smallest absolute Gasteiger partial charge is 0.0149 e. The molecular formula is C8H14. The lowest BCUT2D eigenvalue weighted by atomic mass is 9.90. The predicted molar refractivity (Wildman–Crippen MR) is 36.8 cm³/mol. The highest BCUT2D eigenvalue weighted by molar-refractivity contribution is 4.94. The maximum absolute atomic E-state index is 3.81. The van der Waals surface area contributed by atoms with E-state index in [-0.39, 0.29) is 0 Å². The van der Waals surface area contributed by atoms with Gasteiger partial charge in [0.1, 0.15) is 0 Å². The molecule has 0 bridgehead atoms. The third kappa shape index (κ3) is 0.936. The maximum atomic E-state index is 3.81. The largest absolute Gasteiger partial charge is 0.103 e. The maximum Gasteiger partial charge on any atom is -0.0149 e. The Bertz CT molecular complexity index is 86.2. The van der Waals surface area contributed by atoms with E-state index in [1.165, 1.54) is 25.7 Å². The van der Waals surface area contributed by atoms with Gasteiger partial charge >= 0.3 is 0 Å². The zero-order valence-electron chi connectivity index (χ0n) is 5.61. The van der Waals surface area contributed by atoms with Crippen LogP contribution in [0.4, 0.5) is 0 Å². The quantitative estimate of drug-likeness (QED) is 0.455. The van der Waals surface area contributed by atoms with E-state index in [0.717, 1.165) is 0 Å². The number of hydrogen-bond acceptors (Lipinski definition) is 0. The topological polar surface area (TPSA) is 0 Å². The van der Waals surface area contributed by atoms with Gasteiger partial charge in [-0.15, -0.1) is 6.58 Å². The molecular weight excluding hydrogens is 96.1 g/mol. The third-order valence-electron chi connectivity index (χ3n) is 2.24. The van der Waals surface area contributed by atoms with Crippen molar-refractivity contribution in [2.24, 2.45) is 5.41 Å². The molecule has 0 N–H and O–H groups in total. The number of allylic oxidation sites excluding steroid dienone is 1. The van der Waals surface area contributed by atoms with Crippen molar-refractivity contribution in [3.8, 4) is 0 Å². The lowest BCUT2D eigenvalue weighted by molar-refractivity contribution is 0.447. The molecule has 1 saturated carbocycles. The summed E-state index contributed by atoms with van der Waals surface area (Å²) in [5.74, 6) is 0. The van der Waals surface area contributed by atoms with E-state index in [1.807, 2.05) is 0 Å². The van der Waals surface area contributed by atoms with Crippen LogP contribution in [0.15, 0.2) is 12.7 Å². The Hall–Kier alpha value is -0.260. The summed E-state index contributed by atoms with van der Waals surface area (Å²) >= 11 is 0. The molecule has 8 heavy (non-hydrogen) atoms. The summed E-state index contributed by atoms with van der Waals surface area (Å²) in [6.45, 7) is 6.11. The van der Waals surface area contributed by atoms with Crippen LogP contribution < -0.4 is 0 Å². The monoisotopic (exact) mass is 110 g/mol. The van der Waals surface area contributed by atoms with Gasteiger partial charge in [0.25, 0.3) is 0 Å². The minimum atomic E-state index is 0.500. The van der Waals surface area contributed by atoms with Crippen LogP contribution in [-0.4, -0.2) is 0 Å². The molecule has 0 aromatic heterocycles. The van der Waals surface area contributed by atoms with Crippen molar-refractivity contribution in [2.75, 3.05) is 0 Å². The molecule has 1 aliphatic rings. The second-order valence-corrected chi connectivity index (χ2v) is 3.07. The van der Waals surface area contributed by atoms with Crippen LogP contribution >= 0.6 is 0 Å². The molecule has 0 heteroatoms. The van der Waals surface area contributed by atoms with Crippen molar-refractivity contribution in [3.63, 3.8) is 0 Å². The van der Waals surface area contributed by atoms with Crippen molar-refractivity contribution < 1.29 is 0 Å². The molecule has 46 valence electrons. The second kappa shape index (κ2) is 1.93. The first-order chi connectivity index (χ1) is 3.77. The van der Waals surface area contributed by atoms with Crippen LogP contribution in [-0.2, 0) is 0 Å². The summed E-state index contributed by atoms with van der Waals surface area (Å²) in [6.07, 6.45) is 7.64. The zero-order valence-corrected chi connectivity index (χ0v) is 5.61. The van der Waals surface area contributed by atoms with Gasteiger partial charge in [-0.25, -0.2) is 0 Å². The van der Waals surface area contributed by atoms with E-state index in [9.17, 15) is 0 Å². The Morgan fingerprint density at radius 3 is 2.12 bits per heavy atom. The molecule has 1 fully saturated rings. The fourth-order valence-corrected chi connectivity index (χ4v) is 1.39. The van der Waals surface area contributed by atoms with Crippen LogP contribution in [0.3, 0.4) is 0 Å². The molecule has 0 aromatic carbocycles. The Balaban J connectivity index is 2.52. The van der Waals surface area contributed by atoms with Crippen LogP contribution in [0, 0.1) is 5.41 Å². The molecule has 1 aliphatic carbocycles. The van der Waals surface area contributed by atoms with Crippen molar-refractivity contribution in [1.82, 2.24) is 0 Å². The van der Waals surface area contributed by atoms with Gasteiger partial charge in [-0.05, 0) is 18.3 Å². The molecule has 0 saturated heterocycles. The van der Waals surface area contributed by atoms with E-state index in [4.69, 9.17) is 0 Å². The highest BCUT2D eigenvalue weighted by Crippen LogP contribution is 2.37. The summed E-state index contributed by atoms with van der Waals surface area (Å²) in [7, 11) is 0. The molecule has 0 spiro atoms.